The molecule has 0 aromatic rings. The van der Waals surface area contributed by atoms with E-state index in [-0.39, 0.29) is 12.4 Å². The summed E-state index contributed by atoms with van der Waals surface area (Å²) in [6, 6.07) is 0.819. The van der Waals surface area contributed by atoms with E-state index in [9.17, 15) is 0 Å². The fourth-order valence-electron chi connectivity index (χ4n) is 5.92. The Kier molecular flexibility index (Phi) is 33.8. The summed E-state index contributed by atoms with van der Waals surface area (Å²) < 4.78 is 1.23. The summed E-state index contributed by atoms with van der Waals surface area (Å²) in [5.41, 5.74) is 0. The topological polar surface area (TPSA) is 0 Å². The van der Waals surface area contributed by atoms with E-state index in [4.69, 9.17) is 0 Å². The Morgan fingerprint density at radius 1 is 0.368 bits per heavy atom. The number of halogens is 1. The van der Waals surface area contributed by atoms with Crippen molar-refractivity contribution in [3.63, 3.8) is 0 Å². The minimum atomic E-state index is 0. The predicted molar refractivity (Wildman–Crippen MR) is 172 cm³/mol. The van der Waals surface area contributed by atoms with Gasteiger partial charge in [-0.1, -0.05) is 174 Å². The molecule has 0 fully saturated rings. The van der Waals surface area contributed by atoms with Crippen LogP contribution in [0.1, 0.15) is 207 Å². The van der Waals surface area contributed by atoms with E-state index < -0.39 is 0 Å². The van der Waals surface area contributed by atoms with Crippen LogP contribution in [0.2, 0.25) is 0 Å². The molecule has 0 saturated carbocycles. The third kappa shape index (κ3) is 29.2. The molecule has 0 aliphatic carbocycles. The van der Waals surface area contributed by atoms with Gasteiger partial charge in [-0.3, -0.25) is 0 Å². The molecule has 0 aromatic carbocycles. The van der Waals surface area contributed by atoms with Crippen molar-refractivity contribution in [2.24, 2.45) is 0 Å². The molecule has 0 spiro atoms. The molecule has 0 radical (unpaired) electrons. The Morgan fingerprint density at radius 2 is 0.605 bits per heavy atom. The van der Waals surface area contributed by atoms with Crippen LogP contribution in [0.5, 0.6) is 0 Å². The smallest absolute Gasteiger partial charge is 0.0857 e. The van der Waals surface area contributed by atoms with Gasteiger partial charge < -0.3 is 16.9 Å². The first-order chi connectivity index (χ1) is 18.0. The highest BCUT2D eigenvalue weighted by atomic mass is 35.5. The molecule has 0 saturated heterocycles. The number of quaternary nitrogens is 1. The number of hydrogen-bond acceptors (Lipinski definition) is 0. The first kappa shape index (κ1) is 40.4. The minimum absolute atomic E-state index is 0. The molecule has 0 rings (SSSR count). The van der Waals surface area contributed by atoms with Gasteiger partial charge in [0.2, 0.25) is 0 Å². The maximum atomic E-state index is 2.51. The van der Waals surface area contributed by atoms with Crippen LogP contribution in [0.4, 0.5) is 0 Å². The van der Waals surface area contributed by atoms with Crippen molar-refractivity contribution in [3.05, 3.63) is 0 Å². The van der Waals surface area contributed by atoms with Crippen molar-refractivity contribution in [2.75, 3.05) is 20.6 Å². The molecule has 232 valence electrons. The first-order valence-corrected chi connectivity index (χ1v) is 17.9. The molecule has 38 heavy (non-hydrogen) atoms. The average Bonchev–Trinajstić information content (AvgIpc) is 2.88. The van der Waals surface area contributed by atoms with Gasteiger partial charge in [0, 0.05) is 0 Å². The second-order valence-electron chi connectivity index (χ2n) is 13.3. The molecule has 2 heteroatoms. The van der Waals surface area contributed by atoms with Crippen molar-refractivity contribution in [1.29, 1.82) is 0 Å². The van der Waals surface area contributed by atoms with Crippen LogP contribution in [-0.4, -0.2) is 31.2 Å². The molecule has 0 amide bonds. The Morgan fingerprint density at radius 3 is 0.895 bits per heavy atom. The lowest BCUT2D eigenvalue weighted by atomic mass is 10.0. The maximum absolute atomic E-state index is 2.51. The van der Waals surface area contributed by atoms with Crippen molar-refractivity contribution in [1.82, 2.24) is 0 Å². The quantitative estimate of drug-likeness (QED) is 0.0587. The van der Waals surface area contributed by atoms with Crippen LogP contribution in [0, 0.1) is 0 Å². The average molecular weight is 558 g/mol. The fraction of sp³-hybridized carbons (Fsp3) is 1.00. The van der Waals surface area contributed by atoms with Crippen LogP contribution in [0.15, 0.2) is 0 Å². The van der Waals surface area contributed by atoms with Crippen LogP contribution in [0.3, 0.4) is 0 Å². The summed E-state index contributed by atoms with van der Waals surface area (Å²) in [6.07, 6.45) is 42.3. The molecular formula is C36H76ClN. The van der Waals surface area contributed by atoms with Crippen molar-refractivity contribution >= 4 is 0 Å². The van der Waals surface area contributed by atoms with E-state index >= 15 is 0 Å². The second kappa shape index (κ2) is 31.8. The Hall–Kier alpha value is 0.250. The van der Waals surface area contributed by atoms with Gasteiger partial charge in [-0.25, -0.2) is 0 Å². The minimum Gasteiger partial charge on any atom is -1.00 e. The van der Waals surface area contributed by atoms with Gasteiger partial charge in [-0.05, 0) is 32.6 Å². The molecule has 0 bridgehead atoms. The highest BCUT2D eigenvalue weighted by Gasteiger charge is 2.22. The van der Waals surface area contributed by atoms with Gasteiger partial charge in [-0.15, -0.1) is 0 Å². The molecule has 0 N–H and O–H groups in total. The second-order valence-corrected chi connectivity index (χ2v) is 13.3. The van der Waals surface area contributed by atoms with E-state index in [1.54, 1.807) is 0 Å². The maximum Gasteiger partial charge on any atom is 0.0857 e. The van der Waals surface area contributed by atoms with Crippen LogP contribution >= 0.6 is 0 Å². The van der Waals surface area contributed by atoms with E-state index in [1.807, 2.05) is 0 Å². The molecule has 1 atom stereocenters. The van der Waals surface area contributed by atoms with E-state index in [0.29, 0.717) is 0 Å². The first-order valence-electron chi connectivity index (χ1n) is 17.9. The summed E-state index contributed by atoms with van der Waals surface area (Å²) >= 11 is 0. The van der Waals surface area contributed by atoms with Gasteiger partial charge in [0.15, 0.2) is 0 Å². The van der Waals surface area contributed by atoms with E-state index in [2.05, 4.69) is 34.9 Å². The molecule has 1 unspecified atom stereocenters. The Labute approximate surface area is 250 Å². The zero-order valence-electron chi connectivity index (χ0n) is 27.6. The van der Waals surface area contributed by atoms with Crippen LogP contribution < -0.4 is 12.4 Å². The Balaban J connectivity index is 0. The molecule has 0 aliphatic rings. The molecule has 1 nitrogen and oxygen atoms in total. The number of nitrogens with zero attached hydrogens (tertiary/aromatic N) is 1. The van der Waals surface area contributed by atoms with E-state index in [1.165, 1.54) is 197 Å². The van der Waals surface area contributed by atoms with Gasteiger partial charge in [-0.2, -0.15) is 0 Å². The van der Waals surface area contributed by atoms with Gasteiger partial charge in [0.25, 0.3) is 0 Å². The molecule has 0 heterocycles. The van der Waals surface area contributed by atoms with Crippen molar-refractivity contribution in [3.8, 4) is 0 Å². The van der Waals surface area contributed by atoms with E-state index in [0.717, 1.165) is 6.04 Å². The van der Waals surface area contributed by atoms with Crippen LogP contribution in [0.25, 0.3) is 0 Å². The molecule has 0 aliphatic heterocycles. The summed E-state index contributed by atoms with van der Waals surface area (Å²) in [5.74, 6) is 0. The summed E-state index contributed by atoms with van der Waals surface area (Å²) in [7, 11) is 4.97. The van der Waals surface area contributed by atoms with Crippen molar-refractivity contribution in [2.45, 2.75) is 213 Å². The predicted octanol–water partition coefficient (Wildman–Crippen LogP) is 9.81. The van der Waals surface area contributed by atoms with Gasteiger partial charge in [0.05, 0.1) is 26.7 Å². The molecule has 0 aromatic heterocycles. The summed E-state index contributed by atoms with van der Waals surface area (Å²) in [6.45, 7) is 8.50. The summed E-state index contributed by atoms with van der Waals surface area (Å²) in [5, 5.41) is 0. The van der Waals surface area contributed by atoms with Gasteiger partial charge >= 0.3 is 0 Å². The monoisotopic (exact) mass is 558 g/mol. The number of unbranched alkanes of at least 4 members (excludes halogenated alkanes) is 26. The standard InChI is InChI=1S/C36H76N.ClH/c1-6-8-10-12-14-16-18-20-22-24-26-28-30-32-34-36(3)37(4,5)35-33-31-29-27-25-23-21-19-17-15-13-11-9-7-2;/h36H,6-35H2,1-5H3;1H/q+1;/p-1. The highest BCUT2D eigenvalue weighted by Crippen LogP contribution is 2.19. The lowest BCUT2D eigenvalue weighted by Gasteiger charge is -2.36. The van der Waals surface area contributed by atoms with Crippen LogP contribution in [-0.2, 0) is 0 Å². The zero-order chi connectivity index (χ0) is 27.3. The lowest BCUT2D eigenvalue weighted by Crippen LogP contribution is -3.00. The summed E-state index contributed by atoms with van der Waals surface area (Å²) in [4.78, 5) is 0. The fourth-order valence-corrected chi connectivity index (χ4v) is 5.92. The number of hydrogen-bond donors (Lipinski definition) is 0. The number of rotatable bonds is 31. The third-order valence-corrected chi connectivity index (χ3v) is 9.26. The normalized spacial score (nSPS) is 12.6. The zero-order valence-corrected chi connectivity index (χ0v) is 28.4. The largest absolute Gasteiger partial charge is 1.00 e. The van der Waals surface area contributed by atoms with Crippen molar-refractivity contribution < 1.29 is 16.9 Å². The Bertz CT molecular complexity index is 422. The molecular weight excluding hydrogens is 482 g/mol. The third-order valence-electron chi connectivity index (χ3n) is 9.26. The lowest BCUT2D eigenvalue weighted by molar-refractivity contribution is -0.913. The SMILES string of the molecule is CCCCCCCCCCCCCCCCC(C)[N+](C)(C)CCCCCCCCCCCCCCCC.[Cl-]. The van der Waals surface area contributed by atoms with Gasteiger partial charge in [0.1, 0.15) is 0 Å². The highest BCUT2D eigenvalue weighted by molar-refractivity contribution is 4.56.